The highest BCUT2D eigenvalue weighted by atomic mass is 19.4. The van der Waals surface area contributed by atoms with Crippen LogP contribution in [0.15, 0.2) is 55.0 Å². The van der Waals surface area contributed by atoms with Gasteiger partial charge in [-0.2, -0.15) is 13.2 Å². The van der Waals surface area contributed by atoms with Gasteiger partial charge in [-0.05, 0) is 16.3 Å². The Morgan fingerprint density at radius 2 is 1.85 bits per heavy atom. The molecule has 182 valence electrons. The zero-order chi connectivity index (χ0) is 24.9. The molecule has 1 aliphatic rings. The second-order valence-electron chi connectivity index (χ2n) is 8.14. The molecule has 0 saturated carbocycles. The number of imidazole rings is 1. The predicted molar refractivity (Wildman–Crippen MR) is 120 cm³/mol. The Hall–Kier alpha value is -3.60. The molecule has 2 aromatic carbocycles. The van der Waals surface area contributed by atoms with Crippen LogP contribution in [0, 0.1) is 0 Å². The van der Waals surface area contributed by atoms with Crippen LogP contribution in [0.2, 0.25) is 0 Å². The first-order valence-corrected chi connectivity index (χ1v) is 10.5. The number of carboxylic acids is 1. The highest BCUT2D eigenvalue weighted by molar-refractivity contribution is 5.85. The first kappa shape index (κ1) is 25.0. The maximum absolute atomic E-state index is 11.9. The van der Waals surface area contributed by atoms with E-state index in [1.54, 1.807) is 19.0 Å². The number of nitrogens with zero attached hydrogens (tertiary/aromatic N) is 4. The first-order chi connectivity index (χ1) is 16.1. The van der Waals surface area contributed by atoms with E-state index in [0.29, 0.717) is 6.54 Å². The van der Waals surface area contributed by atoms with Gasteiger partial charge in [0.25, 0.3) is 0 Å². The number of nitrogens with one attached hydrogen (secondary N) is 1. The predicted octanol–water partition coefficient (Wildman–Crippen LogP) is 3.50. The molecule has 3 aromatic rings. The number of fused-ring (bicyclic) bond motifs is 2. The SMILES string of the molecule is CN(C)C(=O)NCC1CN(Cc2cccc3ccccc23)Cc2cncn21.O=C(O)C(F)(F)F. The summed E-state index contributed by atoms with van der Waals surface area (Å²) in [6.07, 6.45) is -1.28. The summed E-state index contributed by atoms with van der Waals surface area (Å²) < 4.78 is 33.9. The van der Waals surface area contributed by atoms with E-state index in [-0.39, 0.29) is 12.1 Å². The van der Waals surface area contributed by atoms with Gasteiger partial charge in [0.2, 0.25) is 0 Å². The monoisotopic (exact) mass is 477 g/mol. The first-order valence-electron chi connectivity index (χ1n) is 10.5. The minimum atomic E-state index is -5.08. The summed E-state index contributed by atoms with van der Waals surface area (Å²) in [5, 5.41) is 12.7. The fourth-order valence-corrected chi connectivity index (χ4v) is 3.78. The van der Waals surface area contributed by atoms with Crippen LogP contribution in [0.25, 0.3) is 10.8 Å². The number of aromatic nitrogens is 2. The van der Waals surface area contributed by atoms with Crippen LogP contribution >= 0.6 is 0 Å². The second-order valence-corrected chi connectivity index (χ2v) is 8.14. The molecular formula is C23H26F3N5O3. The van der Waals surface area contributed by atoms with Gasteiger partial charge in [-0.25, -0.2) is 14.6 Å². The highest BCUT2D eigenvalue weighted by Crippen LogP contribution is 2.25. The third kappa shape index (κ3) is 6.25. The van der Waals surface area contributed by atoms with Crippen LogP contribution < -0.4 is 5.32 Å². The lowest BCUT2D eigenvalue weighted by Crippen LogP contribution is -2.44. The summed E-state index contributed by atoms with van der Waals surface area (Å²) in [7, 11) is 3.51. The average Bonchev–Trinajstić information content (AvgIpc) is 3.26. The van der Waals surface area contributed by atoms with Gasteiger partial charge in [0.15, 0.2) is 0 Å². The summed E-state index contributed by atoms with van der Waals surface area (Å²) in [5.41, 5.74) is 2.52. The van der Waals surface area contributed by atoms with Gasteiger partial charge in [-0.3, -0.25) is 4.90 Å². The number of carbonyl (C=O) groups is 2. The second kappa shape index (κ2) is 10.6. The molecular weight excluding hydrogens is 451 g/mol. The van der Waals surface area contributed by atoms with Gasteiger partial charge in [-0.15, -0.1) is 0 Å². The van der Waals surface area contributed by atoms with Crippen LogP contribution in [0.1, 0.15) is 17.3 Å². The summed E-state index contributed by atoms with van der Waals surface area (Å²) in [5.74, 6) is -2.76. The smallest absolute Gasteiger partial charge is 0.475 e. The van der Waals surface area contributed by atoms with Gasteiger partial charge in [-0.1, -0.05) is 42.5 Å². The number of carbonyl (C=O) groups excluding carboxylic acids is 1. The Morgan fingerprint density at radius 1 is 1.18 bits per heavy atom. The van der Waals surface area contributed by atoms with Gasteiger partial charge in [0.1, 0.15) is 0 Å². The van der Waals surface area contributed by atoms with Crippen LogP contribution in [0.3, 0.4) is 0 Å². The lowest BCUT2D eigenvalue weighted by Gasteiger charge is -2.35. The normalized spacial score (nSPS) is 15.7. The lowest BCUT2D eigenvalue weighted by molar-refractivity contribution is -0.192. The topological polar surface area (TPSA) is 90.7 Å². The summed E-state index contributed by atoms with van der Waals surface area (Å²) in [4.78, 5) is 29.1. The minimum absolute atomic E-state index is 0.0668. The highest BCUT2D eigenvalue weighted by Gasteiger charge is 2.38. The summed E-state index contributed by atoms with van der Waals surface area (Å²) in [6.45, 7) is 3.21. The number of amides is 2. The van der Waals surface area contributed by atoms with Crippen LogP contribution in [0.5, 0.6) is 0 Å². The molecule has 11 heteroatoms. The third-order valence-electron chi connectivity index (χ3n) is 5.41. The van der Waals surface area contributed by atoms with Crippen LogP contribution in [-0.4, -0.2) is 69.8 Å². The molecule has 1 unspecified atom stereocenters. The molecule has 0 spiro atoms. The van der Waals surface area contributed by atoms with Crippen molar-refractivity contribution in [2.75, 3.05) is 27.2 Å². The summed E-state index contributed by atoms with van der Waals surface area (Å²) >= 11 is 0. The number of benzene rings is 2. The van der Waals surface area contributed by atoms with E-state index in [2.05, 4.69) is 62.2 Å². The van der Waals surface area contributed by atoms with Crippen LogP contribution in [0.4, 0.5) is 18.0 Å². The van der Waals surface area contributed by atoms with Gasteiger partial charge < -0.3 is 19.9 Å². The summed E-state index contributed by atoms with van der Waals surface area (Å²) in [6, 6.07) is 15.1. The lowest BCUT2D eigenvalue weighted by atomic mass is 10.0. The maximum atomic E-state index is 11.9. The van der Waals surface area contributed by atoms with Gasteiger partial charge in [0, 0.05) is 46.5 Å². The van der Waals surface area contributed by atoms with Gasteiger partial charge in [0.05, 0.1) is 18.1 Å². The van der Waals surface area contributed by atoms with E-state index in [4.69, 9.17) is 9.90 Å². The molecule has 1 aliphatic heterocycles. The van der Waals surface area contributed by atoms with E-state index in [1.165, 1.54) is 22.0 Å². The number of hydrogen-bond acceptors (Lipinski definition) is 4. The maximum Gasteiger partial charge on any atom is 0.490 e. The molecule has 2 N–H and O–H groups in total. The molecule has 2 heterocycles. The minimum Gasteiger partial charge on any atom is -0.475 e. The molecule has 2 amide bonds. The Bertz CT molecular complexity index is 1140. The van der Waals surface area contributed by atoms with Crippen molar-refractivity contribution in [2.45, 2.75) is 25.3 Å². The fraction of sp³-hybridized carbons (Fsp3) is 0.348. The van der Waals surface area contributed by atoms with E-state index >= 15 is 0 Å². The molecule has 0 saturated heterocycles. The van der Waals surface area contributed by atoms with Crippen LogP contribution in [-0.2, 0) is 17.9 Å². The Labute approximate surface area is 194 Å². The van der Waals surface area contributed by atoms with Crippen molar-refractivity contribution in [1.82, 2.24) is 24.7 Å². The Kier molecular flexibility index (Phi) is 7.77. The molecule has 4 rings (SSSR count). The average molecular weight is 477 g/mol. The number of hydrogen-bond donors (Lipinski definition) is 2. The Morgan fingerprint density at radius 3 is 2.53 bits per heavy atom. The van der Waals surface area contributed by atoms with Crippen molar-refractivity contribution in [3.8, 4) is 0 Å². The third-order valence-corrected chi connectivity index (χ3v) is 5.41. The van der Waals surface area contributed by atoms with Crippen molar-refractivity contribution in [1.29, 1.82) is 0 Å². The molecule has 1 atom stereocenters. The zero-order valence-electron chi connectivity index (χ0n) is 18.8. The molecule has 0 aliphatic carbocycles. The van der Waals surface area contributed by atoms with E-state index in [0.717, 1.165) is 19.6 Å². The molecule has 0 fully saturated rings. The van der Waals surface area contributed by atoms with E-state index in [1.807, 2.05) is 12.5 Å². The molecule has 0 radical (unpaired) electrons. The number of urea groups is 1. The standard InChI is InChI=1S/C21H25N5O.C2HF3O2/c1-24(2)21(27)23-11-19-14-25(13-18-10-22-15-26(18)19)12-17-8-5-7-16-6-3-4-9-20(16)17;3-2(4,5)1(6)7/h3-10,15,19H,11-14H2,1-2H3,(H,23,27);(H,6,7). The largest absolute Gasteiger partial charge is 0.490 e. The number of aliphatic carboxylic acids is 1. The number of rotatable bonds is 4. The quantitative estimate of drug-likeness (QED) is 0.600. The number of halogens is 3. The van der Waals surface area contributed by atoms with Crippen molar-refractivity contribution in [3.63, 3.8) is 0 Å². The Balaban J connectivity index is 0.000000406. The van der Waals surface area contributed by atoms with Crippen molar-refractivity contribution in [3.05, 3.63) is 66.2 Å². The zero-order valence-corrected chi connectivity index (χ0v) is 18.8. The van der Waals surface area contributed by atoms with Crippen molar-refractivity contribution in [2.24, 2.45) is 0 Å². The molecule has 0 bridgehead atoms. The van der Waals surface area contributed by atoms with Crippen molar-refractivity contribution >= 4 is 22.8 Å². The molecule has 34 heavy (non-hydrogen) atoms. The van der Waals surface area contributed by atoms with Gasteiger partial charge >= 0.3 is 18.2 Å². The van der Waals surface area contributed by atoms with E-state index in [9.17, 15) is 18.0 Å². The number of carboxylic acid groups (broad SMARTS) is 1. The molecule has 8 nitrogen and oxygen atoms in total. The van der Waals surface area contributed by atoms with Crippen molar-refractivity contribution < 1.29 is 27.9 Å². The number of alkyl halides is 3. The molecule has 1 aromatic heterocycles. The fourth-order valence-electron chi connectivity index (χ4n) is 3.78. The van der Waals surface area contributed by atoms with E-state index < -0.39 is 12.1 Å².